The zero-order valence-corrected chi connectivity index (χ0v) is 45.4. The molecular formula is C61H103NO8. The lowest BCUT2D eigenvalue weighted by molar-refractivity contribution is -0.870. The largest absolute Gasteiger partial charge is 0.545 e. The predicted molar refractivity (Wildman–Crippen MR) is 292 cm³/mol. The van der Waals surface area contributed by atoms with Crippen LogP contribution in [0.4, 0.5) is 0 Å². The van der Waals surface area contributed by atoms with E-state index in [9.17, 15) is 19.5 Å². The van der Waals surface area contributed by atoms with Gasteiger partial charge in [-0.05, 0) is 96.3 Å². The van der Waals surface area contributed by atoms with Crippen LogP contribution in [0.5, 0.6) is 0 Å². The molecule has 0 aliphatic heterocycles. The first-order chi connectivity index (χ1) is 34.1. The van der Waals surface area contributed by atoms with Gasteiger partial charge < -0.3 is 33.3 Å². The van der Waals surface area contributed by atoms with Crippen molar-refractivity contribution >= 4 is 17.9 Å². The number of ether oxygens (including phenoxy) is 4. The van der Waals surface area contributed by atoms with Gasteiger partial charge in [0.2, 0.25) is 0 Å². The monoisotopic (exact) mass is 978 g/mol. The van der Waals surface area contributed by atoms with Crippen molar-refractivity contribution in [2.24, 2.45) is 0 Å². The molecular weight excluding hydrogens is 875 g/mol. The zero-order valence-electron chi connectivity index (χ0n) is 45.4. The molecule has 9 nitrogen and oxygen atoms in total. The molecule has 0 amide bonds. The first-order valence-electron chi connectivity index (χ1n) is 27.9. The zero-order chi connectivity index (χ0) is 51.3. The maximum Gasteiger partial charge on any atom is 0.306 e. The Morgan fingerprint density at radius 3 is 1.23 bits per heavy atom. The van der Waals surface area contributed by atoms with Crippen molar-refractivity contribution in [1.29, 1.82) is 0 Å². The summed E-state index contributed by atoms with van der Waals surface area (Å²) in [6.45, 7) is 4.59. The lowest BCUT2D eigenvalue weighted by Crippen LogP contribution is -2.44. The van der Waals surface area contributed by atoms with Gasteiger partial charge in [-0.25, -0.2) is 0 Å². The first kappa shape index (κ1) is 66.2. The van der Waals surface area contributed by atoms with Crippen molar-refractivity contribution in [2.45, 2.75) is 225 Å². The van der Waals surface area contributed by atoms with Gasteiger partial charge in [-0.15, -0.1) is 0 Å². The molecule has 0 aliphatic carbocycles. The highest BCUT2D eigenvalue weighted by Gasteiger charge is 2.22. The minimum Gasteiger partial charge on any atom is -0.545 e. The molecule has 0 rings (SSSR count). The van der Waals surface area contributed by atoms with E-state index in [2.05, 4.69) is 111 Å². The fraction of sp³-hybridized carbons (Fsp3) is 0.689. The van der Waals surface area contributed by atoms with Crippen molar-refractivity contribution in [3.05, 3.63) is 97.2 Å². The van der Waals surface area contributed by atoms with Gasteiger partial charge in [-0.3, -0.25) is 9.59 Å². The number of nitrogens with zero attached hydrogens (tertiary/aromatic N) is 1. The van der Waals surface area contributed by atoms with Crippen LogP contribution in [0.1, 0.15) is 213 Å². The SMILES string of the molecule is CC/C=C\C/C=C\C/C=C\C/C=C\C/C=C\C/C=C\C/C=C\CCCCCCCCCCCC(=O)OC(COC(=O)CCCCCCC/C=C\CCCCCCC)COC(OCC[N+](C)(C)C)C(=O)[O-]. The van der Waals surface area contributed by atoms with Crippen molar-refractivity contribution in [2.75, 3.05) is 47.5 Å². The number of quaternary nitrogens is 1. The van der Waals surface area contributed by atoms with Gasteiger partial charge in [0, 0.05) is 12.8 Å². The predicted octanol–water partition coefficient (Wildman–Crippen LogP) is 14.8. The van der Waals surface area contributed by atoms with Crippen LogP contribution in [0.15, 0.2) is 97.2 Å². The minimum atomic E-state index is -1.63. The highest BCUT2D eigenvalue weighted by atomic mass is 16.7. The number of carboxylic acid groups (broad SMARTS) is 1. The van der Waals surface area contributed by atoms with Gasteiger partial charge in [0.15, 0.2) is 12.4 Å². The molecule has 0 saturated heterocycles. The van der Waals surface area contributed by atoms with Gasteiger partial charge in [0.25, 0.3) is 0 Å². The summed E-state index contributed by atoms with van der Waals surface area (Å²) in [6, 6.07) is 0. The molecule has 0 heterocycles. The van der Waals surface area contributed by atoms with Crippen molar-refractivity contribution in [3.8, 4) is 0 Å². The smallest absolute Gasteiger partial charge is 0.306 e. The molecule has 9 heteroatoms. The molecule has 0 radical (unpaired) electrons. The van der Waals surface area contributed by atoms with Crippen LogP contribution < -0.4 is 5.11 Å². The molecule has 0 aliphatic rings. The number of hydrogen-bond acceptors (Lipinski definition) is 8. The second kappa shape index (κ2) is 51.6. The summed E-state index contributed by atoms with van der Waals surface area (Å²) < 4.78 is 22.6. The lowest BCUT2D eigenvalue weighted by Gasteiger charge is -2.26. The van der Waals surface area contributed by atoms with Crippen LogP contribution in [0.2, 0.25) is 0 Å². The summed E-state index contributed by atoms with van der Waals surface area (Å²) in [5, 5.41) is 11.7. The number of allylic oxidation sites excluding steroid dienone is 16. The Morgan fingerprint density at radius 2 is 0.814 bits per heavy atom. The molecule has 70 heavy (non-hydrogen) atoms. The molecule has 0 aromatic carbocycles. The van der Waals surface area contributed by atoms with E-state index in [-0.39, 0.29) is 38.6 Å². The molecule has 0 spiro atoms. The van der Waals surface area contributed by atoms with E-state index in [1.54, 1.807) is 0 Å². The first-order valence-corrected chi connectivity index (χ1v) is 27.9. The summed E-state index contributed by atoms with van der Waals surface area (Å²) in [5.41, 5.74) is 0. The van der Waals surface area contributed by atoms with Crippen LogP contribution >= 0.6 is 0 Å². The van der Waals surface area contributed by atoms with Crippen molar-refractivity contribution in [3.63, 3.8) is 0 Å². The molecule has 400 valence electrons. The molecule has 0 bridgehead atoms. The van der Waals surface area contributed by atoms with E-state index >= 15 is 0 Å². The second-order valence-corrected chi connectivity index (χ2v) is 19.5. The number of carbonyl (C=O) groups excluding carboxylic acids is 3. The van der Waals surface area contributed by atoms with E-state index in [4.69, 9.17) is 18.9 Å². The van der Waals surface area contributed by atoms with E-state index in [1.165, 1.54) is 70.6 Å². The molecule has 0 fully saturated rings. The fourth-order valence-corrected chi connectivity index (χ4v) is 7.27. The number of likely N-dealkylation sites (N-methyl/N-ethyl adjacent to an activating group) is 1. The maximum atomic E-state index is 12.8. The summed E-state index contributed by atoms with van der Waals surface area (Å²) >= 11 is 0. The highest BCUT2D eigenvalue weighted by molar-refractivity contribution is 5.70. The van der Waals surface area contributed by atoms with E-state index in [1.807, 2.05) is 21.1 Å². The molecule has 0 N–H and O–H groups in total. The molecule has 0 saturated carbocycles. The Bertz CT molecular complexity index is 1470. The van der Waals surface area contributed by atoms with Crippen LogP contribution in [-0.4, -0.2) is 82.3 Å². The summed E-state index contributed by atoms with van der Waals surface area (Å²) in [7, 11) is 5.91. The third kappa shape index (κ3) is 52.0. The second-order valence-electron chi connectivity index (χ2n) is 19.5. The number of rotatable bonds is 50. The highest BCUT2D eigenvalue weighted by Crippen LogP contribution is 2.14. The Hall–Kier alpha value is -3.79. The molecule has 0 aromatic rings. The number of hydrogen-bond donors (Lipinski definition) is 0. The van der Waals surface area contributed by atoms with Crippen LogP contribution in [0.3, 0.4) is 0 Å². The quantitative estimate of drug-likeness (QED) is 0.0195. The molecule has 2 unspecified atom stereocenters. The van der Waals surface area contributed by atoms with E-state index in [0.29, 0.717) is 17.4 Å². The molecule has 2 atom stereocenters. The normalized spacial score (nSPS) is 13.6. The number of carbonyl (C=O) groups is 3. The summed E-state index contributed by atoms with van der Waals surface area (Å²) in [4.78, 5) is 37.2. The maximum absolute atomic E-state index is 12.8. The number of unbranched alkanes of at least 4 members (excludes halogenated alkanes) is 19. The summed E-state index contributed by atoms with van der Waals surface area (Å²) in [6.07, 6.45) is 65.9. The number of aliphatic carboxylic acids is 1. The third-order valence-corrected chi connectivity index (χ3v) is 11.6. The molecule has 0 aromatic heterocycles. The van der Waals surface area contributed by atoms with Crippen LogP contribution in [-0.2, 0) is 33.3 Å². The van der Waals surface area contributed by atoms with E-state index < -0.39 is 24.3 Å². The Kier molecular flexibility index (Phi) is 48.8. The van der Waals surface area contributed by atoms with Gasteiger partial charge in [0.05, 0.1) is 40.3 Å². The van der Waals surface area contributed by atoms with Crippen LogP contribution in [0, 0.1) is 0 Å². The third-order valence-electron chi connectivity index (χ3n) is 11.6. The minimum absolute atomic E-state index is 0.141. The fourth-order valence-electron chi connectivity index (χ4n) is 7.27. The van der Waals surface area contributed by atoms with Gasteiger partial charge in [-0.2, -0.15) is 0 Å². The lowest BCUT2D eigenvalue weighted by atomic mass is 10.1. The van der Waals surface area contributed by atoms with Crippen molar-refractivity contribution < 1.29 is 42.9 Å². The number of esters is 2. The van der Waals surface area contributed by atoms with E-state index in [0.717, 1.165) is 109 Å². The average molecular weight is 978 g/mol. The topological polar surface area (TPSA) is 111 Å². The average Bonchev–Trinajstić information content (AvgIpc) is 3.33. The standard InChI is InChI=1S/C61H103NO8/c1-6-8-10-12-14-16-18-20-22-23-24-25-26-27-28-29-30-31-32-33-34-35-36-37-38-40-42-44-46-48-50-52-59(64)70-57(56-69-61(60(65)66)67-54-53-62(3,4)5)55-68-58(63)51-49-47-45-43-41-39-21-19-17-15-13-11-9-7-2/h8,10,14,16,19-22,24-25,27-28,30-31,33-34,57,61H,6-7,9,11-13,15,17-18,23,26,29,32,35-56H2,1-5H3/b10-8-,16-14-,21-19-,22-20-,25-24-,28-27-,31-30-,34-33-. The summed E-state index contributed by atoms with van der Waals surface area (Å²) in [5.74, 6) is -2.31. The Balaban J connectivity index is 4.26. The Morgan fingerprint density at radius 1 is 0.443 bits per heavy atom. The Labute approximate surface area is 429 Å². The van der Waals surface area contributed by atoms with Gasteiger partial charge in [0.1, 0.15) is 13.2 Å². The van der Waals surface area contributed by atoms with Gasteiger partial charge >= 0.3 is 11.9 Å². The van der Waals surface area contributed by atoms with Crippen molar-refractivity contribution in [1.82, 2.24) is 0 Å². The van der Waals surface area contributed by atoms with Crippen LogP contribution in [0.25, 0.3) is 0 Å². The van der Waals surface area contributed by atoms with Gasteiger partial charge in [-0.1, -0.05) is 201 Å². The number of carboxylic acids is 1.